The number of hydrogen-bond donors (Lipinski definition) is 1. The maximum Gasteiger partial charge on any atom is 0.258 e. The number of nitrogens with one attached hydrogen (secondary N) is 1. The van der Waals surface area contributed by atoms with Gasteiger partial charge in [0.2, 0.25) is 11.8 Å². The molecule has 0 radical (unpaired) electrons. The second-order valence-corrected chi connectivity index (χ2v) is 10.6. The van der Waals surface area contributed by atoms with Gasteiger partial charge in [-0.05, 0) is 47.2 Å². The molecule has 1 heterocycles. The SMILES string of the molecule is CNC(=O)C(Cc1ccccc1)N(Cc1cccc(Br)c1)C(=O)CCCN1C(=O)c2cccc3cccc1c23. The van der Waals surface area contributed by atoms with E-state index in [1.54, 1.807) is 16.8 Å². The van der Waals surface area contributed by atoms with Crippen LogP contribution in [-0.4, -0.2) is 42.3 Å². The minimum atomic E-state index is -0.671. The second kappa shape index (κ2) is 11.8. The zero-order chi connectivity index (χ0) is 27.4. The van der Waals surface area contributed by atoms with Gasteiger partial charge in [0.1, 0.15) is 6.04 Å². The zero-order valence-electron chi connectivity index (χ0n) is 21.8. The summed E-state index contributed by atoms with van der Waals surface area (Å²) in [5.41, 5.74) is 3.50. The molecule has 1 aliphatic rings. The van der Waals surface area contributed by atoms with Crippen LogP contribution in [0.15, 0.2) is 95.5 Å². The third-order valence-electron chi connectivity index (χ3n) is 7.18. The number of rotatable bonds is 10. The molecule has 1 unspecified atom stereocenters. The molecule has 7 heteroatoms. The monoisotopic (exact) mass is 583 g/mol. The Balaban J connectivity index is 1.35. The van der Waals surface area contributed by atoms with E-state index in [1.807, 2.05) is 91.0 Å². The number of likely N-dealkylation sites (N-methyl/N-ethyl adjacent to an activating group) is 1. The number of anilines is 1. The molecule has 0 saturated carbocycles. The number of carbonyl (C=O) groups excluding carboxylic acids is 3. The van der Waals surface area contributed by atoms with Gasteiger partial charge in [0.05, 0.1) is 5.69 Å². The van der Waals surface area contributed by atoms with Crippen molar-refractivity contribution in [2.24, 2.45) is 0 Å². The van der Waals surface area contributed by atoms with Crippen LogP contribution in [0.5, 0.6) is 0 Å². The molecular formula is C32H30BrN3O3. The van der Waals surface area contributed by atoms with E-state index in [0.717, 1.165) is 32.1 Å². The maximum atomic E-state index is 13.8. The van der Waals surface area contributed by atoms with Crippen molar-refractivity contribution in [2.75, 3.05) is 18.5 Å². The highest BCUT2D eigenvalue weighted by Gasteiger charge is 2.32. The summed E-state index contributed by atoms with van der Waals surface area (Å²) in [4.78, 5) is 43.5. The van der Waals surface area contributed by atoms with Crippen LogP contribution in [-0.2, 0) is 22.6 Å². The average Bonchev–Trinajstić information content (AvgIpc) is 3.23. The van der Waals surface area contributed by atoms with Gasteiger partial charge in [-0.1, -0.05) is 82.7 Å². The summed E-state index contributed by atoms with van der Waals surface area (Å²) < 4.78 is 0.910. The van der Waals surface area contributed by atoms with Gasteiger partial charge in [-0.15, -0.1) is 0 Å². The van der Waals surface area contributed by atoms with Gasteiger partial charge < -0.3 is 15.1 Å². The predicted molar refractivity (Wildman–Crippen MR) is 158 cm³/mol. The largest absolute Gasteiger partial charge is 0.357 e. The van der Waals surface area contributed by atoms with Crippen LogP contribution in [0.25, 0.3) is 10.8 Å². The predicted octanol–water partition coefficient (Wildman–Crippen LogP) is 5.73. The molecule has 4 aromatic carbocycles. The minimum absolute atomic E-state index is 0.0347. The smallest absolute Gasteiger partial charge is 0.258 e. The highest BCUT2D eigenvalue weighted by molar-refractivity contribution is 9.10. The Kier molecular flexibility index (Phi) is 8.07. The van der Waals surface area contributed by atoms with Gasteiger partial charge in [-0.25, -0.2) is 0 Å². The number of hydrogen-bond acceptors (Lipinski definition) is 3. The van der Waals surface area contributed by atoms with Crippen molar-refractivity contribution < 1.29 is 14.4 Å². The van der Waals surface area contributed by atoms with Crippen LogP contribution in [0.2, 0.25) is 0 Å². The van der Waals surface area contributed by atoms with Crippen LogP contribution >= 0.6 is 15.9 Å². The molecule has 0 bridgehead atoms. The Morgan fingerprint density at radius 3 is 2.38 bits per heavy atom. The first-order valence-electron chi connectivity index (χ1n) is 13.1. The number of carbonyl (C=O) groups is 3. The maximum absolute atomic E-state index is 13.8. The van der Waals surface area contributed by atoms with Gasteiger partial charge in [-0.3, -0.25) is 14.4 Å². The number of amides is 3. The van der Waals surface area contributed by atoms with Gasteiger partial charge in [0.15, 0.2) is 0 Å². The number of halogens is 1. The molecule has 6 nitrogen and oxygen atoms in total. The molecule has 5 rings (SSSR count). The lowest BCUT2D eigenvalue weighted by Gasteiger charge is -2.31. The Labute approximate surface area is 236 Å². The summed E-state index contributed by atoms with van der Waals surface area (Å²) in [6, 6.07) is 28.5. The summed E-state index contributed by atoms with van der Waals surface area (Å²) in [5.74, 6) is -0.367. The quantitative estimate of drug-likeness (QED) is 0.259. The fourth-order valence-corrected chi connectivity index (χ4v) is 5.73. The van der Waals surface area contributed by atoms with E-state index in [0.29, 0.717) is 31.5 Å². The average molecular weight is 585 g/mol. The van der Waals surface area contributed by atoms with Crippen molar-refractivity contribution in [3.05, 3.63) is 112 Å². The Morgan fingerprint density at radius 1 is 0.923 bits per heavy atom. The standard InChI is InChI=1S/C32H30BrN3O3/c1-34-31(38)28(20-22-9-3-2-4-10-22)36(21-23-11-5-14-25(33)19-23)29(37)17-8-18-35-27-16-7-13-24-12-6-15-26(30(24)27)32(35)39/h2-7,9-16,19,28H,8,17-18,20-21H2,1H3,(H,34,38). The molecule has 1 N–H and O–H groups in total. The fourth-order valence-electron chi connectivity index (χ4n) is 5.29. The van der Waals surface area contributed by atoms with Crippen molar-refractivity contribution in [3.8, 4) is 0 Å². The minimum Gasteiger partial charge on any atom is -0.357 e. The molecular weight excluding hydrogens is 554 g/mol. The van der Waals surface area contributed by atoms with Crippen LogP contribution in [0.3, 0.4) is 0 Å². The summed E-state index contributed by atoms with van der Waals surface area (Å²) in [7, 11) is 1.60. The van der Waals surface area contributed by atoms with E-state index in [9.17, 15) is 14.4 Å². The molecule has 0 spiro atoms. The first kappa shape index (κ1) is 26.6. The van der Waals surface area contributed by atoms with E-state index in [1.165, 1.54) is 0 Å². The van der Waals surface area contributed by atoms with Crippen molar-refractivity contribution in [3.63, 3.8) is 0 Å². The van der Waals surface area contributed by atoms with E-state index in [2.05, 4.69) is 21.2 Å². The van der Waals surface area contributed by atoms with E-state index < -0.39 is 6.04 Å². The van der Waals surface area contributed by atoms with Crippen molar-refractivity contribution in [1.82, 2.24) is 10.2 Å². The molecule has 1 aliphatic heterocycles. The molecule has 3 amide bonds. The fraction of sp³-hybridized carbons (Fsp3) is 0.219. The van der Waals surface area contributed by atoms with Gasteiger partial charge >= 0.3 is 0 Å². The third-order valence-corrected chi connectivity index (χ3v) is 7.67. The number of benzene rings is 4. The van der Waals surface area contributed by atoms with Crippen LogP contribution in [0.4, 0.5) is 5.69 Å². The number of nitrogens with zero attached hydrogens (tertiary/aromatic N) is 2. The van der Waals surface area contributed by atoms with Crippen LogP contribution in [0, 0.1) is 0 Å². The molecule has 39 heavy (non-hydrogen) atoms. The molecule has 0 aromatic heterocycles. The van der Waals surface area contributed by atoms with Crippen LogP contribution < -0.4 is 10.2 Å². The van der Waals surface area contributed by atoms with Crippen molar-refractivity contribution in [1.29, 1.82) is 0 Å². The Hall–Kier alpha value is -3.97. The Morgan fingerprint density at radius 2 is 1.64 bits per heavy atom. The van der Waals surface area contributed by atoms with E-state index in [4.69, 9.17) is 0 Å². The van der Waals surface area contributed by atoms with Crippen LogP contribution in [0.1, 0.15) is 34.3 Å². The molecule has 0 saturated heterocycles. The molecule has 0 aliphatic carbocycles. The van der Waals surface area contributed by atoms with Gasteiger partial charge in [0, 0.05) is 48.4 Å². The van der Waals surface area contributed by atoms with E-state index >= 15 is 0 Å². The summed E-state index contributed by atoms with van der Waals surface area (Å²) in [6.07, 6.45) is 1.10. The summed E-state index contributed by atoms with van der Waals surface area (Å²) in [5, 5.41) is 4.75. The van der Waals surface area contributed by atoms with Gasteiger partial charge in [0.25, 0.3) is 5.91 Å². The second-order valence-electron chi connectivity index (χ2n) is 9.71. The lowest BCUT2D eigenvalue weighted by molar-refractivity contribution is -0.141. The first-order valence-corrected chi connectivity index (χ1v) is 13.9. The third kappa shape index (κ3) is 5.73. The molecule has 4 aromatic rings. The topological polar surface area (TPSA) is 69.7 Å². The molecule has 198 valence electrons. The summed E-state index contributed by atoms with van der Waals surface area (Å²) >= 11 is 3.51. The molecule has 0 fully saturated rings. The lowest BCUT2D eigenvalue weighted by Crippen LogP contribution is -2.49. The molecule has 1 atom stereocenters. The van der Waals surface area contributed by atoms with Crippen molar-refractivity contribution in [2.45, 2.75) is 31.8 Å². The summed E-state index contributed by atoms with van der Waals surface area (Å²) in [6.45, 7) is 0.725. The normalized spacial score (nSPS) is 13.0. The highest BCUT2D eigenvalue weighted by Crippen LogP contribution is 2.37. The van der Waals surface area contributed by atoms with Gasteiger partial charge in [-0.2, -0.15) is 0 Å². The van der Waals surface area contributed by atoms with E-state index in [-0.39, 0.29) is 24.1 Å². The van der Waals surface area contributed by atoms with Crippen molar-refractivity contribution >= 4 is 50.1 Å². The highest BCUT2D eigenvalue weighted by atomic mass is 79.9. The first-order chi connectivity index (χ1) is 19.0. The lowest BCUT2D eigenvalue weighted by atomic mass is 10.0. The Bertz CT molecular complexity index is 1520. The zero-order valence-corrected chi connectivity index (χ0v) is 23.4.